The van der Waals surface area contributed by atoms with Gasteiger partial charge >= 0.3 is 0 Å². The molecule has 31 heavy (non-hydrogen) atoms. The van der Waals surface area contributed by atoms with Gasteiger partial charge in [-0.05, 0) is 60.5 Å². The number of carbonyl (C=O) groups is 1. The number of rotatable bonds is 7. The molecule has 7 nitrogen and oxygen atoms in total. The van der Waals surface area contributed by atoms with Crippen molar-refractivity contribution < 1.29 is 22.7 Å². The number of para-hydroxylation sites is 1. The Labute approximate surface area is 181 Å². The van der Waals surface area contributed by atoms with Gasteiger partial charge in [-0.2, -0.15) is 0 Å². The minimum atomic E-state index is -3.70. The molecule has 160 valence electrons. The quantitative estimate of drug-likeness (QED) is 0.585. The molecule has 0 spiro atoms. The topological polar surface area (TPSA) is 93.7 Å². The summed E-state index contributed by atoms with van der Waals surface area (Å²) in [5.41, 5.74) is 2.00. The van der Waals surface area contributed by atoms with Crippen LogP contribution in [-0.4, -0.2) is 27.5 Å². The number of hydrogen-bond acceptors (Lipinski definition) is 5. The molecule has 0 saturated heterocycles. The number of sulfonamides is 1. The van der Waals surface area contributed by atoms with Gasteiger partial charge in [0.25, 0.3) is 10.0 Å². The predicted octanol–water partition coefficient (Wildman–Crippen LogP) is 3.83. The normalized spacial score (nSPS) is 12.8. The van der Waals surface area contributed by atoms with Crippen LogP contribution in [0.5, 0.6) is 11.5 Å². The van der Waals surface area contributed by atoms with Gasteiger partial charge in [0.2, 0.25) is 5.91 Å². The van der Waals surface area contributed by atoms with Crippen molar-refractivity contribution in [2.75, 3.05) is 23.3 Å². The molecule has 0 saturated carbocycles. The van der Waals surface area contributed by atoms with E-state index in [1.54, 1.807) is 36.4 Å². The zero-order chi connectivity index (χ0) is 21.7. The summed E-state index contributed by atoms with van der Waals surface area (Å²) >= 11 is 0. The molecule has 0 atom stereocenters. The number of benzene rings is 3. The highest BCUT2D eigenvalue weighted by atomic mass is 32.2. The summed E-state index contributed by atoms with van der Waals surface area (Å²) < 4.78 is 38.5. The van der Waals surface area contributed by atoms with Crippen LogP contribution < -0.4 is 19.5 Å². The third-order valence-corrected chi connectivity index (χ3v) is 6.12. The minimum absolute atomic E-state index is 0.116. The summed E-state index contributed by atoms with van der Waals surface area (Å²) in [5, 5.41) is 2.79. The largest absolute Gasteiger partial charge is 0.486 e. The first-order chi connectivity index (χ1) is 15.0. The summed E-state index contributed by atoms with van der Waals surface area (Å²) in [4.78, 5) is 12.4. The molecule has 3 aromatic rings. The van der Waals surface area contributed by atoms with E-state index in [0.29, 0.717) is 36.8 Å². The summed E-state index contributed by atoms with van der Waals surface area (Å²) in [6, 6.07) is 20.4. The lowest BCUT2D eigenvalue weighted by Gasteiger charge is -2.18. The van der Waals surface area contributed by atoms with Crippen molar-refractivity contribution in [1.29, 1.82) is 0 Å². The van der Waals surface area contributed by atoms with Crippen LogP contribution in [0.25, 0.3) is 0 Å². The second-order valence-electron chi connectivity index (χ2n) is 7.02. The van der Waals surface area contributed by atoms with E-state index in [2.05, 4.69) is 10.0 Å². The highest BCUT2D eigenvalue weighted by Crippen LogP contribution is 2.31. The lowest BCUT2D eigenvalue weighted by atomic mass is 10.1. The highest BCUT2D eigenvalue weighted by Gasteiger charge is 2.15. The fourth-order valence-corrected chi connectivity index (χ4v) is 4.22. The fraction of sp³-hybridized carbons (Fsp3) is 0.174. The SMILES string of the molecule is O=C(CCc1ccc2c(c1)OCCO2)Nc1ccc(S(=O)(=O)Nc2ccccc2)cc1. The van der Waals surface area contributed by atoms with E-state index in [-0.39, 0.29) is 17.2 Å². The number of anilines is 2. The van der Waals surface area contributed by atoms with Crippen molar-refractivity contribution in [3.8, 4) is 11.5 Å². The molecule has 1 aliphatic rings. The molecule has 0 radical (unpaired) electrons. The molecule has 0 aliphatic carbocycles. The van der Waals surface area contributed by atoms with Crippen LogP contribution in [0.2, 0.25) is 0 Å². The van der Waals surface area contributed by atoms with Crippen molar-refractivity contribution in [1.82, 2.24) is 0 Å². The van der Waals surface area contributed by atoms with Gasteiger partial charge in [0.15, 0.2) is 11.5 Å². The summed E-state index contributed by atoms with van der Waals surface area (Å²) in [5.74, 6) is 1.26. The summed E-state index contributed by atoms with van der Waals surface area (Å²) in [6.45, 7) is 1.06. The molecule has 1 heterocycles. The summed E-state index contributed by atoms with van der Waals surface area (Å²) in [6.07, 6.45) is 0.838. The molecule has 8 heteroatoms. The number of aryl methyl sites for hydroxylation is 1. The Kier molecular flexibility index (Phi) is 6.08. The average molecular weight is 439 g/mol. The second-order valence-corrected chi connectivity index (χ2v) is 8.70. The number of hydrogen-bond donors (Lipinski definition) is 2. The van der Waals surface area contributed by atoms with Crippen LogP contribution in [0.1, 0.15) is 12.0 Å². The molecule has 1 aliphatic heterocycles. The van der Waals surface area contributed by atoms with Crippen molar-refractivity contribution in [3.05, 3.63) is 78.4 Å². The Balaban J connectivity index is 1.33. The molecule has 3 aromatic carbocycles. The lowest BCUT2D eigenvalue weighted by Crippen LogP contribution is -2.16. The lowest BCUT2D eigenvalue weighted by molar-refractivity contribution is -0.116. The number of ether oxygens (including phenoxy) is 2. The Bertz CT molecular complexity index is 1160. The molecular formula is C23H22N2O5S. The van der Waals surface area contributed by atoms with Gasteiger partial charge in [-0.1, -0.05) is 24.3 Å². The van der Waals surface area contributed by atoms with Crippen molar-refractivity contribution in [2.24, 2.45) is 0 Å². The highest BCUT2D eigenvalue weighted by molar-refractivity contribution is 7.92. The fourth-order valence-electron chi connectivity index (χ4n) is 3.16. The van der Waals surface area contributed by atoms with Crippen molar-refractivity contribution in [2.45, 2.75) is 17.7 Å². The summed E-state index contributed by atoms with van der Waals surface area (Å²) in [7, 11) is -3.70. The maximum absolute atomic E-state index is 12.5. The molecule has 0 unspecified atom stereocenters. The third kappa shape index (κ3) is 5.35. The van der Waals surface area contributed by atoms with E-state index in [4.69, 9.17) is 9.47 Å². The predicted molar refractivity (Wildman–Crippen MR) is 118 cm³/mol. The van der Waals surface area contributed by atoms with Crippen LogP contribution in [0.15, 0.2) is 77.7 Å². The second kappa shape index (κ2) is 9.09. The van der Waals surface area contributed by atoms with Crippen molar-refractivity contribution >= 4 is 27.3 Å². The number of carbonyl (C=O) groups excluding carboxylic acids is 1. The van der Waals surface area contributed by atoms with Crippen LogP contribution in [0.3, 0.4) is 0 Å². The van der Waals surface area contributed by atoms with E-state index in [9.17, 15) is 13.2 Å². The van der Waals surface area contributed by atoms with Gasteiger partial charge < -0.3 is 14.8 Å². The van der Waals surface area contributed by atoms with Crippen LogP contribution in [-0.2, 0) is 21.2 Å². The van der Waals surface area contributed by atoms with Gasteiger partial charge in [0.1, 0.15) is 13.2 Å². The molecule has 2 N–H and O–H groups in total. The monoisotopic (exact) mass is 438 g/mol. The molecular weight excluding hydrogens is 416 g/mol. The standard InChI is InChI=1S/C23H22N2O5S/c26-23(13-7-17-6-12-21-22(16-17)30-15-14-29-21)24-18-8-10-20(11-9-18)31(27,28)25-19-4-2-1-3-5-19/h1-6,8-12,16,25H,7,13-15H2,(H,24,26). The molecule has 0 bridgehead atoms. The average Bonchev–Trinajstić information content (AvgIpc) is 2.78. The van der Waals surface area contributed by atoms with E-state index in [1.165, 1.54) is 12.1 Å². The Morgan fingerprint density at radius 2 is 1.55 bits per heavy atom. The zero-order valence-electron chi connectivity index (χ0n) is 16.7. The molecule has 0 fully saturated rings. The maximum Gasteiger partial charge on any atom is 0.261 e. The number of fused-ring (bicyclic) bond motifs is 1. The van der Waals surface area contributed by atoms with E-state index in [1.807, 2.05) is 24.3 Å². The Morgan fingerprint density at radius 1 is 0.839 bits per heavy atom. The first-order valence-electron chi connectivity index (χ1n) is 9.86. The first-order valence-corrected chi connectivity index (χ1v) is 11.3. The minimum Gasteiger partial charge on any atom is -0.486 e. The number of nitrogens with one attached hydrogen (secondary N) is 2. The van der Waals surface area contributed by atoms with Gasteiger partial charge in [-0.3, -0.25) is 9.52 Å². The smallest absolute Gasteiger partial charge is 0.261 e. The van der Waals surface area contributed by atoms with E-state index in [0.717, 1.165) is 11.3 Å². The van der Waals surface area contributed by atoms with Crippen LogP contribution >= 0.6 is 0 Å². The Morgan fingerprint density at radius 3 is 2.29 bits per heavy atom. The Hall–Kier alpha value is -3.52. The van der Waals surface area contributed by atoms with Crippen LogP contribution in [0.4, 0.5) is 11.4 Å². The molecule has 0 aromatic heterocycles. The van der Waals surface area contributed by atoms with Crippen LogP contribution in [0, 0.1) is 0 Å². The van der Waals surface area contributed by atoms with Gasteiger partial charge in [-0.25, -0.2) is 8.42 Å². The molecule has 1 amide bonds. The van der Waals surface area contributed by atoms with Gasteiger partial charge in [0, 0.05) is 17.8 Å². The third-order valence-electron chi connectivity index (χ3n) is 4.72. The first kappa shape index (κ1) is 20.7. The zero-order valence-corrected chi connectivity index (χ0v) is 17.5. The van der Waals surface area contributed by atoms with E-state index >= 15 is 0 Å². The number of amides is 1. The maximum atomic E-state index is 12.5. The molecule has 4 rings (SSSR count). The van der Waals surface area contributed by atoms with Crippen molar-refractivity contribution in [3.63, 3.8) is 0 Å². The van der Waals surface area contributed by atoms with E-state index < -0.39 is 10.0 Å². The van der Waals surface area contributed by atoms with Gasteiger partial charge in [-0.15, -0.1) is 0 Å². The van der Waals surface area contributed by atoms with Gasteiger partial charge in [0.05, 0.1) is 4.90 Å².